The molecule has 2 aliphatic heterocycles. The number of carbonyl (C=O) groups is 3. The van der Waals surface area contributed by atoms with Crippen molar-refractivity contribution in [1.82, 2.24) is 10.2 Å². The molecule has 8 nitrogen and oxygen atoms in total. The zero-order valence-corrected chi connectivity index (χ0v) is 16.6. The van der Waals surface area contributed by atoms with Crippen LogP contribution in [0.2, 0.25) is 0 Å². The summed E-state index contributed by atoms with van der Waals surface area (Å²) in [7, 11) is 1.30. The van der Waals surface area contributed by atoms with E-state index in [4.69, 9.17) is 4.74 Å². The standard InChI is InChI=1S/C21H27N3O5/c1-28-20(26)11-22-21(27)15-10-14-6-7-23(12-16(14)15)13-19(25)24-8-9-29-18-5-3-2-4-17(18)24/h2-5,14-16H,6-13H2,1H3,(H,22,27)/t14-,15-,16-/m1/s1. The number of benzene rings is 1. The van der Waals surface area contributed by atoms with E-state index in [-0.39, 0.29) is 30.2 Å². The summed E-state index contributed by atoms with van der Waals surface area (Å²) in [6, 6.07) is 7.60. The van der Waals surface area contributed by atoms with Gasteiger partial charge in [-0.1, -0.05) is 12.1 Å². The van der Waals surface area contributed by atoms with Crippen molar-refractivity contribution < 1.29 is 23.9 Å². The van der Waals surface area contributed by atoms with Crippen molar-refractivity contribution in [1.29, 1.82) is 0 Å². The van der Waals surface area contributed by atoms with Gasteiger partial charge in [-0.15, -0.1) is 0 Å². The number of anilines is 1. The Balaban J connectivity index is 1.33. The summed E-state index contributed by atoms with van der Waals surface area (Å²) in [5, 5.41) is 2.67. The van der Waals surface area contributed by atoms with Gasteiger partial charge in [0.25, 0.3) is 0 Å². The summed E-state index contributed by atoms with van der Waals surface area (Å²) in [4.78, 5) is 40.5. The van der Waals surface area contributed by atoms with Crippen molar-refractivity contribution in [2.24, 2.45) is 17.8 Å². The molecule has 0 bridgehead atoms. The second kappa shape index (κ2) is 8.41. The summed E-state index contributed by atoms with van der Waals surface area (Å²) < 4.78 is 10.2. The molecule has 29 heavy (non-hydrogen) atoms. The first-order valence-corrected chi connectivity index (χ1v) is 10.2. The third-order valence-electron chi connectivity index (χ3n) is 6.32. The van der Waals surface area contributed by atoms with Gasteiger partial charge in [0, 0.05) is 12.5 Å². The monoisotopic (exact) mass is 401 g/mol. The Morgan fingerprint density at radius 2 is 2.07 bits per heavy atom. The van der Waals surface area contributed by atoms with Crippen LogP contribution >= 0.6 is 0 Å². The molecular weight excluding hydrogens is 374 g/mol. The van der Waals surface area contributed by atoms with Crippen molar-refractivity contribution in [2.45, 2.75) is 12.8 Å². The van der Waals surface area contributed by atoms with Gasteiger partial charge in [0.15, 0.2) is 0 Å². The summed E-state index contributed by atoms with van der Waals surface area (Å²) >= 11 is 0. The Hall–Kier alpha value is -2.61. The Bertz CT molecular complexity index is 798. The SMILES string of the molecule is COC(=O)CNC(=O)[C@@H]1C[C@H]2CCN(CC(=O)N3CCOc4ccccc43)C[C@H]21. The van der Waals surface area contributed by atoms with Crippen LogP contribution in [-0.2, 0) is 19.1 Å². The van der Waals surface area contributed by atoms with Gasteiger partial charge in [-0.05, 0) is 43.4 Å². The summed E-state index contributed by atoms with van der Waals surface area (Å²) in [6.45, 7) is 2.90. The molecule has 1 N–H and O–H groups in total. The minimum absolute atomic E-state index is 0.0604. The number of methoxy groups -OCH3 is 1. The smallest absolute Gasteiger partial charge is 0.325 e. The van der Waals surface area contributed by atoms with Crippen LogP contribution in [0.3, 0.4) is 0 Å². The fourth-order valence-electron chi connectivity index (χ4n) is 4.67. The Labute approximate surface area is 170 Å². The zero-order valence-electron chi connectivity index (χ0n) is 16.6. The highest BCUT2D eigenvalue weighted by Crippen LogP contribution is 2.45. The molecule has 2 heterocycles. The van der Waals surface area contributed by atoms with Gasteiger partial charge in [0.05, 0.1) is 25.9 Å². The van der Waals surface area contributed by atoms with Crippen LogP contribution in [0, 0.1) is 17.8 Å². The Morgan fingerprint density at radius 1 is 1.24 bits per heavy atom. The van der Waals surface area contributed by atoms with E-state index in [9.17, 15) is 14.4 Å². The van der Waals surface area contributed by atoms with Crippen molar-refractivity contribution in [3.63, 3.8) is 0 Å². The average Bonchev–Trinajstić information content (AvgIpc) is 2.73. The molecular formula is C21H27N3O5. The molecule has 2 fully saturated rings. The number of rotatable bonds is 5. The second-order valence-electron chi connectivity index (χ2n) is 7.95. The summed E-state index contributed by atoms with van der Waals surface area (Å²) in [5.74, 6) is 0.942. The maximum Gasteiger partial charge on any atom is 0.325 e. The van der Waals surface area contributed by atoms with Gasteiger partial charge in [0.1, 0.15) is 18.9 Å². The van der Waals surface area contributed by atoms with Crippen LogP contribution in [0.25, 0.3) is 0 Å². The lowest BCUT2D eigenvalue weighted by molar-refractivity contribution is -0.144. The molecule has 8 heteroatoms. The number of carbonyl (C=O) groups excluding carboxylic acids is 3. The van der Waals surface area contributed by atoms with E-state index in [1.807, 2.05) is 24.3 Å². The molecule has 1 aromatic carbocycles. The van der Waals surface area contributed by atoms with E-state index in [1.54, 1.807) is 4.90 Å². The molecule has 0 aromatic heterocycles. The number of fused-ring (bicyclic) bond motifs is 2. The Morgan fingerprint density at radius 3 is 2.90 bits per heavy atom. The molecule has 156 valence electrons. The van der Waals surface area contributed by atoms with Gasteiger partial charge in [-0.2, -0.15) is 0 Å². The van der Waals surface area contributed by atoms with Crippen molar-refractivity contribution in [3.05, 3.63) is 24.3 Å². The molecule has 0 spiro atoms. The topological polar surface area (TPSA) is 88.2 Å². The van der Waals surface area contributed by atoms with Gasteiger partial charge in [-0.25, -0.2) is 0 Å². The highest BCUT2D eigenvalue weighted by molar-refractivity contribution is 5.96. The molecule has 4 rings (SSSR count). The third kappa shape index (κ3) is 4.07. The summed E-state index contributed by atoms with van der Waals surface area (Å²) in [6.07, 6.45) is 1.86. The molecule has 3 atom stereocenters. The van der Waals surface area contributed by atoms with Crippen LogP contribution in [0.4, 0.5) is 5.69 Å². The van der Waals surface area contributed by atoms with Crippen LogP contribution < -0.4 is 15.0 Å². The fourth-order valence-corrected chi connectivity index (χ4v) is 4.67. The highest BCUT2D eigenvalue weighted by Gasteiger charge is 2.47. The van der Waals surface area contributed by atoms with E-state index in [0.717, 1.165) is 37.4 Å². The van der Waals surface area contributed by atoms with Crippen LogP contribution in [0.1, 0.15) is 12.8 Å². The number of hydrogen-bond donors (Lipinski definition) is 1. The van der Waals surface area contributed by atoms with E-state index in [1.165, 1.54) is 7.11 Å². The van der Waals surface area contributed by atoms with Crippen LogP contribution in [-0.4, -0.2) is 69.1 Å². The number of nitrogens with one attached hydrogen (secondary N) is 1. The number of esters is 1. The number of nitrogens with zero attached hydrogens (tertiary/aromatic N) is 2. The molecule has 1 aliphatic carbocycles. The number of amides is 2. The van der Waals surface area contributed by atoms with E-state index < -0.39 is 5.97 Å². The van der Waals surface area contributed by atoms with Crippen molar-refractivity contribution in [3.8, 4) is 5.75 Å². The maximum absolute atomic E-state index is 13.0. The van der Waals surface area contributed by atoms with Crippen LogP contribution in [0.15, 0.2) is 24.3 Å². The molecule has 0 radical (unpaired) electrons. The van der Waals surface area contributed by atoms with E-state index in [2.05, 4.69) is 15.0 Å². The minimum Gasteiger partial charge on any atom is -0.490 e. The molecule has 1 saturated heterocycles. The predicted molar refractivity (Wildman–Crippen MR) is 105 cm³/mol. The zero-order chi connectivity index (χ0) is 20.4. The van der Waals surface area contributed by atoms with Gasteiger partial charge in [-0.3, -0.25) is 19.3 Å². The van der Waals surface area contributed by atoms with Gasteiger partial charge < -0.3 is 19.7 Å². The quantitative estimate of drug-likeness (QED) is 0.730. The lowest BCUT2D eigenvalue weighted by atomic mass is 9.61. The normalized spacial score (nSPS) is 25.7. The number of piperidine rings is 1. The fraction of sp³-hybridized carbons (Fsp3) is 0.571. The lowest BCUT2D eigenvalue weighted by Gasteiger charge is -2.50. The van der Waals surface area contributed by atoms with E-state index >= 15 is 0 Å². The largest absolute Gasteiger partial charge is 0.490 e. The highest BCUT2D eigenvalue weighted by atomic mass is 16.5. The summed E-state index contributed by atoms with van der Waals surface area (Å²) in [5.41, 5.74) is 0.822. The molecule has 3 aliphatic rings. The first-order valence-electron chi connectivity index (χ1n) is 10.2. The number of likely N-dealkylation sites (tertiary alicyclic amines) is 1. The lowest BCUT2D eigenvalue weighted by Crippen LogP contribution is -2.56. The van der Waals surface area contributed by atoms with Crippen LogP contribution in [0.5, 0.6) is 5.75 Å². The number of hydrogen-bond acceptors (Lipinski definition) is 6. The van der Waals surface area contributed by atoms with Gasteiger partial charge >= 0.3 is 5.97 Å². The maximum atomic E-state index is 13.0. The average molecular weight is 401 g/mol. The predicted octanol–water partition coefficient (Wildman–Crippen LogP) is 0.659. The van der Waals surface area contributed by atoms with Crippen molar-refractivity contribution in [2.75, 3.05) is 51.3 Å². The molecule has 2 amide bonds. The number of para-hydroxylation sites is 2. The van der Waals surface area contributed by atoms with Crippen molar-refractivity contribution >= 4 is 23.5 Å². The molecule has 0 unspecified atom stereocenters. The number of ether oxygens (including phenoxy) is 2. The molecule has 1 aromatic rings. The second-order valence-corrected chi connectivity index (χ2v) is 7.95. The first-order chi connectivity index (χ1) is 14.1. The van der Waals surface area contributed by atoms with E-state index in [0.29, 0.717) is 25.6 Å². The first kappa shape index (κ1) is 19.7. The Kier molecular flexibility index (Phi) is 5.71. The van der Waals surface area contributed by atoms with Gasteiger partial charge in [0.2, 0.25) is 11.8 Å². The molecule has 1 saturated carbocycles. The third-order valence-corrected chi connectivity index (χ3v) is 6.32. The minimum atomic E-state index is -0.448.